The summed E-state index contributed by atoms with van der Waals surface area (Å²) in [6.07, 6.45) is -3.58. The van der Waals surface area contributed by atoms with Crippen LogP contribution in [0.5, 0.6) is 5.88 Å². The number of hydroxylamine groups is 1. The lowest BCUT2D eigenvalue weighted by molar-refractivity contribution is -0.192. The smallest absolute Gasteiger partial charge is 0.475 e. The molecule has 8 nitrogen and oxygen atoms in total. The van der Waals surface area contributed by atoms with Crippen LogP contribution >= 0.6 is 0 Å². The number of amides is 1. The number of alkyl halides is 3. The summed E-state index contributed by atoms with van der Waals surface area (Å²) < 4.78 is 66.5. The van der Waals surface area contributed by atoms with Crippen molar-refractivity contribution >= 4 is 17.4 Å². The van der Waals surface area contributed by atoms with E-state index in [9.17, 15) is 26.7 Å². The summed E-state index contributed by atoms with van der Waals surface area (Å²) in [6, 6.07) is 7.05. The number of aryl methyl sites for hydroxylation is 2. The van der Waals surface area contributed by atoms with Crippen molar-refractivity contribution in [1.82, 2.24) is 15.1 Å². The first-order chi connectivity index (χ1) is 16.4. The Morgan fingerprint density at radius 1 is 1.20 bits per heavy atom. The number of carbonyl (C=O) groups excluding carboxylic acids is 1. The first-order valence-electron chi connectivity index (χ1n) is 9.75. The topological polar surface area (TPSA) is 102 Å². The maximum absolute atomic E-state index is 13.9. The number of pyridine rings is 1. The predicted octanol–water partition coefficient (Wildman–Crippen LogP) is 4.29. The Bertz CT molecular complexity index is 1220. The van der Waals surface area contributed by atoms with Gasteiger partial charge in [-0.25, -0.2) is 19.1 Å². The monoisotopic (exact) mass is 501 g/mol. The Labute approximate surface area is 195 Å². The second kappa shape index (κ2) is 11.4. The van der Waals surface area contributed by atoms with E-state index in [-0.39, 0.29) is 24.7 Å². The molecule has 0 saturated heterocycles. The molecule has 0 bridgehead atoms. The fourth-order valence-corrected chi connectivity index (χ4v) is 2.78. The molecule has 0 spiro atoms. The number of aliphatic carboxylic acids is 1. The molecule has 0 radical (unpaired) electrons. The van der Waals surface area contributed by atoms with Gasteiger partial charge < -0.3 is 9.84 Å². The van der Waals surface area contributed by atoms with Crippen molar-refractivity contribution in [2.45, 2.75) is 26.6 Å². The predicted molar refractivity (Wildman–Crippen MR) is 113 cm³/mol. The lowest BCUT2D eigenvalue weighted by Gasteiger charge is -2.11. The highest BCUT2D eigenvalue weighted by Crippen LogP contribution is 2.25. The third-order valence-corrected chi connectivity index (χ3v) is 4.28. The van der Waals surface area contributed by atoms with Gasteiger partial charge in [0, 0.05) is 6.07 Å². The zero-order valence-corrected chi connectivity index (χ0v) is 18.4. The number of ether oxygens (including phenoxy) is 1. The van der Waals surface area contributed by atoms with Crippen molar-refractivity contribution in [2.24, 2.45) is 0 Å². The molecule has 13 heteroatoms. The summed E-state index contributed by atoms with van der Waals surface area (Å²) >= 11 is 0. The molecule has 2 aromatic heterocycles. The molecule has 2 N–H and O–H groups in total. The van der Waals surface area contributed by atoms with E-state index in [1.807, 2.05) is 6.92 Å². The van der Waals surface area contributed by atoms with Crippen LogP contribution in [0.3, 0.4) is 0 Å². The maximum Gasteiger partial charge on any atom is 0.490 e. The van der Waals surface area contributed by atoms with Gasteiger partial charge in [-0.3, -0.25) is 9.63 Å². The van der Waals surface area contributed by atoms with Gasteiger partial charge in [-0.2, -0.15) is 22.8 Å². The van der Waals surface area contributed by atoms with E-state index >= 15 is 0 Å². The molecular weight excluding hydrogens is 481 g/mol. The zero-order chi connectivity index (χ0) is 26.3. The van der Waals surface area contributed by atoms with E-state index < -0.39 is 29.7 Å². The van der Waals surface area contributed by atoms with Crippen LogP contribution in [-0.4, -0.2) is 39.4 Å². The van der Waals surface area contributed by atoms with Gasteiger partial charge in [-0.1, -0.05) is 12.1 Å². The molecule has 0 atom stereocenters. The number of hydrogen-bond acceptors (Lipinski definition) is 5. The normalized spacial score (nSPS) is 10.9. The molecule has 0 aliphatic carbocycles. The number of fused-ring (bicyclic) bond motifs is 1. The van der Waals surface area contributed by atoms with Crippen LogP contribution in [0.2, 0.25) is 0 Å². The number of hydrogen-bond donors (Lipinski definition) is 2. The third kappa shape index (κ3) is 6.99. The summed E-state index contributed by atoms with van der Waals surface area (Å²) in [5.41, 5.74) is 4.19. The molecule has 0 saturated carbocycles. The molecular formula is C22H20F5N3O5. The van der Waals surface area contributed by atoms with E-state index in [1.165, 1.54) is 16.7 Å². The second-order valence-corrected chi connectivity index (χ2v) is 6.95. The highest BCUT2D eigenvalue weighted by atomic mass is 19.4. The van der Waals surface area contributed by atoms with Crippen molar-refractivity contribution in [3.05, 3.63) is 77.0 Å². The molecule has 1 amide bonds. The van der Waals surface area contributed by atoms with Crippen LogP contribution in [0.25, 0.3) is 5.52 Å². The van der Waals surface area contributed by atoms with Crippen molar-refractivity contribution in [1.29, 1.82) is 0 Å². The summed E-state index contributed by atoms with van der Waals surface area (Å²) in [4.78, 5) is 26.3. The van der Waals surface area contributed by atoms with Crippen LogP contribution in [0.1, 0.15) is 27.2 Å². The van der Waals surface area contributed by atoms with E-state index in [2.05, 4.69) is 17.2 Å². The molecule has 0 fully saturated rings. The molecule has 188 valence electrons. The Morgan fingerprint density at radius 3 is 2.34 bits per heavy atom. The first-order valence-corrected chi connectivity index (χ1v) is 9.75. The number of carbonyl (C=O) groups is 2. The van der Waals surface area contributed by atoms with E-state index in [0.717, 1.165) is 17.7 Å². The Balaban J connectivity index is 0.000000540. The average Bonchev–Trinajstić information content (AvgIpc) is 3.09. The fourth-order valence-electron chi connectivity index (χ4n) is 2.78. The number of carboxylic acid groups (broad SMARTS) is 1. The highest BCUT2D eigenvalue weighted by Gasteiger charge is 2.38. The Kier molecular flexibility index (Phi) is 8.89. The molecule has 3 aromatic rings. The number of benzene rings is 1. The molecule has 0 unspecified atom stereocenters. The summed E-state index contributed by atoms with van der Waals surface area (Å²) in [5, 5.41) is 11.5. The van der Waals surface area contributed by atoms with Crippen molar-refractivity contribution in [3.63, 3.8) is 0 Å². The lowest BCUT2D eigenvalue weighted by Crippen LogP contribution is -2.24. The number of carboxylic acids is 1. The number of aromatic nitrogens is 2. The Hall–Kier alpha value is -4.00. The number of nitrogens with zero attached hydrogens (tertiary/aromatic N) is 2. The largest absolute Gasteiger partial charge is 0.490 e. The van der Waals surface area contributed by atoms with Gasteiger partial charge in [0.2, 0.25) is 5.88 Å². The minimum Gasteiger partial charge on any atom is -0.475 e. The lowest BCUT2D eigenvalue weighted by atomic mass is 10.1. The van der Waals surface area contributed by atoms with Gasteiger partial charge in [0.1, 0.15) is 18.2 Å². The van der Waals surface area contributed by atoms with Crippen LogP contribution in [0.4, 0.5) is 22.0 Å². The zero-order valence-electron chi connectivity index (χ0n) is 18.4. The molecule has 0 aliphatic heterocycles. The summed E-state index contributed by atoms with van der Waals surface area (Å²) in [6.45, 7) is 6.83. The van der Waals surface area contributed by atoms with Crippen LogP contribution < -0.4 is 10.2 Å². The van der Waals surface area contributed by atoms with Gasteiger partial charge in [0.05, 0.1) is 28.9 Å². The minimum absolute atomic E-state index is 0.158. The van der Waals surface area contributed by atoms with Gasteiger partial charge >= 0.3 is 12.1 Å². The minimum atomic E-state index is -5.08. The van der Waals surface area contributed by atoms with E-state index in [1.54, 1.807) is 19.1 Å². The van der Waals surface area contributed by atoms with Crippen LogP contribution in [-0.2, 0) is 16.2 Å². The first kappa shape index (κ1) is 27.2. The molecule has 35 heavy (non-hydrogen) atoms. The number of halogens is 5. The number of rotatable bonds is 7. The molecule has 1 aromatic carbocycles. The second-order valence-electron chi connectivity index (χ2n) is 6.95. The number of nitrogens with one attached hydrogen (secondary N) is 1. The average molecular weight is 501 g/mol. The van der Waals surface area contributed by atoms with Crippen molar-refractivity contribution in [3.8, 4) is 5.88 Å². The van der Waals surface area contributed by atoms with Gasteiger partial charge in [0.25, 0.3) is 5.91 Å². The van der Waals surface area contributed by atoms with Gasteiger partial charge in [-0.05, 0) is 37.6 Å². The molecule has 0 aliphatic rings. The fraction of sp³-hybridized carbons (Fsp3) is 0.227. The highest BCUT2D eigenvalue weighted by molar-refractivity contribution is 6.01. The summed E-state index contributed by atoms with van der Waals surface area (Å²) in [5.74, 6) is -4.36. The molecule has 3 rings (SSSR count). The van der Waals surface area contributed by atoms with Crippen molar-refractivity contribution < 1.29 is 46.2 Å². The maximum atomic E-state index is 13.9. The SMILES string of the molecule is C=CCONC(=O)c1c(C)nn2c(OCc3c(F)cccc3F)cc(C)cc12.O=C(O)C(F)(F)F. The molecule has 2 heterocycles. The van der Waals surface area contributed by atoms with E-state index in [0.29, 0.717) is 16.8 Å². The standard InChI is InChI=1S/C20H19F2N3O3.C2HF3O2/c1-4-8-28-24-20(26)19-13(3)23-25-17(19)9-12(2)10-18(25)27-11-14-15(21)6-5-7-16(14)22;3-2(4,5)1(6)7/h4-7,9-10H,1,8,11H2,2-3H3,(H,24,26);(H,6,7). The van der Waals surface area contributed by atoms with Gasteiger partial charge in [-0.15, -0.1) is 6.58 Å². The third-order valence-electron chi connectivity index (χ3n) is 4.28. The van der Waals surface area contributed by atoms with Crippen molar-refractivity contribution in [2.75, 3.05) is 6.61 Å². The van der Waals surface area contributed by atoms with Crippen LogP contribution in [0, 0.1) is 25.5 Å². The van der Waals surface area contributed by atoms with Gasteiger partial charge in [0.15, 0.2) is 0 Å². The quantitative estimate of drug-likeness (QED) is 0.217. The summed E-state index contributed by atoms with van der Waals surface area (Å²) in [7, 11) is 0. The van der Waals surface area contributed by atoms with E-state index in [4.69, 9.17) is 19.5 Å². The van der Waals surface area contributed by atoms with Crippen LogP contribution in [0.15, 0.2) is 43.0 Å². The Morgan fingerprint density at radius 2 is 1.80 bits per heavy atom.